The van der Waals surface area contributed by atoms with Crippen LogP contribution in [-0.4, -0.2) is 48.2 Å². The van der Waals surface area contributed by atoms with Crippen LogP contribution < -0.4 is 10.6 Å². The van der Waals surface area contributed by atoms with Gasteiger partial charge in [0.15, 0.2) is 0 Å². The van der Waals surface area contributed by atoms with Crippen LogP contribution in [0.15, 0.2) is 30.3 Å². The number of ether oxygens (including phenoxy) is 1. The Kier molecular flexibility index (Phi) is 4.94. The summed E-state index contributed by atoms with van der Waals surface area (Å²) in [6.45, 7) is 0.358. The third-order valence-corrected chi connectivity index (χ3v) is 3.53. The van der Waals surface area contributed by atoms with Gasteiger partial charge in [0.1, 0.15) is 6.10 Å². The molecule has 0 bridgehead atoms. The van der Waals surface area contributed by atoms with Crippen LogP contribution in [0.4, 0.5) is 10.5 Å². The van der Waals surface area contributed by atoms with Crippen LogP contribution in [0, 0.1) is 5.92 Å². The zero-order chi connectivity index (χ0) is 14.5. The van der Waals surface area contributed by atoms with Gasteiger partial charge in [-0.25, -0.2) is 4.79 Å². The molecule has 0 aromatic heterocycles. The van der Waals surface area contributed by atoms with Gasteiger partial charge < -0.3 is 25.6 Å². The molecule has 1 aliphatic carbocycles. The van der Waals surface area contributed by atoms with Crippen LogP contribution >= 0.6 is 0 Å². The molecule has 6 heteroatoms. The van der Waals surface area contributed by atoms with Crippen molar-refractivity contribution in [1.82, 2.24) is 5.32 Å². The van der Waals surface area contributed by atoms with Gasteiger partial charge in [-0.1, -0.05) is 18.2 Å². The highest BCUT2D eigenvalue weighted by Gasteiger charge is 2.41. The molecule has 0 radical (unpaired) electrons. The van der Waals surface area contributed by atoms with Gasteiger partial charge in [0.05, 0.1) is 18.8 Å². The number of methoxy groups -OCH3 is 1. The lowest BCUT2D eigenvalue weighted by molar-refractivity contribution is -0.00487. The van der Waals surface area contributed by atoms with E-state index in [1.54, 1.807) is 19.2 Å². The number of rotatable bonds is 4. The van der Waals surface area contributed by atoms with Crippen LogP contribution in [0.5, 0.6) is 0 Å². The largest absolute Gasteiger partial charge is 0.390 e. The summed E-state index contributed by atoms with van der Waals surface area (Å²) in [4.78, 5) is 11.8. The number of para-hydroxylation sites is 1. The summed E-state index contributed by atoms with van der Waals surface area (Å²) in [5.41, 5.74) is 0.673. The van der Waals surface area contributed by atoms with E-state index >= 15 is 0 Å². The summed E-state index contributed by atoms with van der Waals surface area (Å²) in [5, 5.41) is 25.1. The summed E-state index contributed by atoms with van der Waals surface area (Å²) in [6.07, 6.45) is -1.37. The maximum absolute atomic E-state index is 11.8. The minimum absolute atomic E-state index is 0.169. The minimum atomic E-state index is -0.975. The molecule has 1 fully saturated rings. The molecule has 0 heterocycles. The number of aliphatic hydroxyl groups is 2. The summed E-state index contributed by atoms with van der Waals surface area (Å²) in [7, 11) is 1.54. The molecule has 0 saturated heterocycles. The van der Waals surface area contributed by atoms with E-state index in [-0.39, 0.29) is 5.92 Å². The van der Waals surface area contributed by atoms with Gasteiger partial charge in [-0.2, -0.15) is 0 Å². The lowest BCUT2D eigenvalue weighted by Crippen LogP contribution is -2.44. The van der Waals surface area contributed by atoms with Crippen molar-refractivity contribution in [1.29, 1.82) is 0 Å². The fraction of sp³-hybridized carbons (Fsp3) is 0.500. The van der Waals surface area contributed by atoms with E-state index in [4.69, 9.17) is 4.74 Å². The van der Waals surface area contributed by atoms with Crippen LogP contribution in [0.2, 0.25) is 0 Å². The van der Waals surface area contributed by atoms with Crippen LogP contribution in [0.3, 0.4) is 0 Å². The van der Waals surface area contributed by atoms with Crippen LogP contribution in [0.25, 0.3) is 0 Å². The van der Waals surface area contributed by atoms with Crippen molar-refractivity contribution < 1.29 is 19.7 Å². The van der Waals surface area contributed by atoms with Gasteiger partial charge in [-0.05, 0) is 18.6 Å². The Morgan fingerprint density at radius 1 is 1.30 bits per heavy atom. The van der Waals surface area contributed by atoms with E-state index in [1.165, 1.54) is 0 Å². The average molecular weight is 280 g/mol. The molecule has 4 atom stereocenters. The highest BCUT2D eigenvalue weighted by molar-refractivity contribution is 5.89. The Labute approximate surface area is 117 Å². The first-order valence-electron chi connectivity index (χ1n) is 6.59. The molecule has 6 nitrogen and oxygen atoms in total. The second kappa shape index (κ2) is 6.69. The first-order chi connectivity index (χ1) is 9.61. The van der Waals surface area contributed by atoms with Crippen molar-refractivity contribution in [3.63, 3.8) is 0 Å². The SMILES string of the molecule is COCC1CC(NC(=O)Nc2ccccc2)C(O)C1O. The lowest BCUT2D eigenvalue weighted by Gasteiger charge is -2.18. The Balaban J connectivity index is 1.88. The van der Waals surface area contributed by atoms with Gasteiger partial charge in [-0.15, -0.1) is 0 Å². The first-order valence-corrected chi connectivity index (χ1v) is 6.59. The maximum Gasteiger partial charge on any atom is 0.319 e. The number of hydrogen-bond donors (Lipinski definition) is 4. The zero-order valence-corrected chi connectivity index (χ0v) is 11.3. The number of nitrogens with one attached hydrogen (secondary N) is 2. The molecule has 2 amide bonds. The van der Waals surface area contributed by atoms with E-state index < -0.39 is 24.3 Å². The summed E-state index contributed by atoms with van der Waals surface area (Å²) < 4.78 is 4.99. The molecule has 4 unspecified atom stereocenters. The maximum atomic E-state index is 11.8. The van der Waals surface area contributed by atoms with Crippen molar-refractivity contribution in [2.75, 3.05) is 19.0 Å². The molecule has 110 valence electrons. The molecule has 1 aliphatic rings. The second-order valence-corrected chi connectivity index (χ2v) is 5.00. The smallest absolute Gasteiger partial charge is 0.319 e. The first kappa shape index (κ1) is 14.8. The number of aliphatic hydroxyl groups excluding tert-OH is 2. The number of carbonyl (C=O) groups is 1. The Hall–Kier alpha value is -1.63. The van der Waals surface area contributed by atoms with Gasteiger partial charge in [0.2, 0.25) is 0 Å². The number of amides is 2. The van der Waals surface area contributed by atoms with E-state index in [0.29, 0.717) is 18.7 Å². The van der Waals surface area contributed by atoms with Crippen molar-refractivity contribution in [2.45, 2.75) is 24.7 Å². The van der Waals surface area contributed by atoms with Gasteiger partial charge in [0, 0.05) is 18.7 Å². The quantitative estimate of drug-likeness (QED) is 0.649. The van der Waals surface area contributed by atoms with E-state index in [9.17, 15) is 15.0 Å². The van der Waals surface area contributed by atoms with Gasteiger partial charge in [0.25, 0.3) is 0 Å². The molecule has 4 N–H and O–H groups in total. The van der Waals surface area contributed by atoms with E-state index in [2.05, 4.69) is 10.6 Å². The van der Waals surface area contributed by atoms with Gasteiger partial charge >= 0.3 is 6.03 Å². The molecule has 1 aromatic carbocycles. The predicted molar refractivity (Wildman–Crippen MR) is 74.4 cm³/mol. The van der Waals surface area contributed by atoms with Gasteiger partial charge in [-0.3, -0.25) is 0 Å². The average Bonchev–Trinajstić information content (AvgIpc) is 2.69. The van der Waals surface area contributed by atoms with E-state index in [0.717, 1.165) is 0 Å². The number of hydrogen-bond acceptors (Lipinski definition) is 4. The standard InChI is InChI=1S/C14H20N2O4/c1-20-8-9-7-11(13(18)12(9)17)16-14(19)15-10-5-3-2-4-6-10/h2-6,9,11-13,17-18H,7-8H2,1H3,(H2,15,16,19). The summed E-state index contributed by atoms with van der Waals surface area (Å²) >= 11 is 0. The molecule has 1 aromatic rings. The van der Waals surface area contributed by atoms with Crippen LogP contribution in [0.1, 0.15) is 6.42 Å². The molecule has 0 aliphatic heterocycles. The topological polar surface area (TPSA) is 90.8 Å². The van der Waals surface area contributed by atoms with E-state index in [1.807, 2.05) is 18.2 Å². The second-order valence-electron chi connectivity index (χ2n) is 5.00. The Morgan fingerprint density at radius 2 is 2.00 bits per heavy atom. The van der Waals surface area contributed by atoms with Crippen molar-refractivity contribution in [2.24, 2.45) is 5.92 Å². The molecule has 20 heavy (non-hydrogen) atoms. The fourth-order valence-electron chi connectivity index (χ4n) is 2.50. The third-order valence-electron chi connectivity index (χ3n) is 3.53. The summed E-state index contributed by atoms with van der Waals surface area (Å²) in [5.74, 6) is -0.169. The number of carbonyl (C=O) groups excluding carboxylic acids is 1. The highest BCUT2D eigenvalue weighted by Crippen LogP contribution is 2.27. The lowest BCUT2D eigenvalue weighted by atomic mass is 10.1. The van der Waals surface area contributed by atoms with Crippen molar-refractivity contribution in [3.8, 4) is 0 Å². The van der Waals surface area contributed by atoms with Crippen molar-refractivity contribution in [3.05, 3.63) is 30.3 Å². The third kappa shape index (κ3) is 3.47. The predicted octanol–water partition coefficient (Wildman–Crippen LogP) is 0.565. The Bertz CT molecular complexity index is 440. The Morgan fingerprint density at radius 3 is 2.65 bits per heavy atom. The normalized spacial score (nSPS) is 29.1. The molecule has 0 spiro atoms. The molecule has 2 rings (SSSR count). The number of urea groups is 1. The molecular weight excluding hydrogens is 260 g/mol. The fourth-order valence-corrected chi connectivity index (χ4v) is 2.50. The molecular formula is C14H20N2O4. The van der Waals surface area contributed by atoms with Crippen LogP contribution in [-0.2, 0) is 4.74 Å². The highest BCUT2D eigenvalue weighted by atomic mass is 16.5. The number of anilines is 1. The zero-order valence-electron chi connectivity index (χ0n) is 11.3. The summed E-state index contributed by atoms with van der Waals surface area (Å²) in [6, 6.07) is 8.16. The monoisotopic (exact) mass is 280 g/mol. The van der Waals surface area contributed by atoms with Crippen molar-refractivity contribution >= 4 is 11.7 Å². The number of benzene rings is 1. The minimum Gasteiger partial charge on any atom is -0.390 e. The molecule has 1 saturated carbocycles.